The third-order valence-corrected chi connectivity index (χ3v) is 12.7. The minimum Gasteiger partial charge on any atom is -0.485 e. The molecule has 0 N–H and O–H groups in total. The molecule has 9 aromatic rings. The lowest BCUT2D eigenvalue weighted by Crippen LogP contribution is -2.15. The molecule has 2 aliphatic carbocycles. The highest BCUT2D eigenvalue weighted by atomic mass is 32.1. The van der Waals surface area contributed by atoms with Gasteiger partial charge in [-0.05, 0) is 89.2 Å². The number of para-hydroxylation sites is 1. The van der Waals surface area contributed by atoms with Gasteiger partial charge in [0.25, 0.3) is 0 Å². The number of nitrogens with zero attached hydrogens (tertiary/aromatic N) is 3. The molecule has 2 atom stereocenters. The number of rotatable bonds is 5. The number of furan rings is 1. The van der Waals surface area contributed by atoms with Crippen molar-refractivity contribution in [1.29, 1.82) is 0 Å². The van der Waals surface area contributed by atoms with E-state index >= 15 is 0 Å². The van der Waals surface area contributed by atoms with E-state index in [4.69, 9.17) is 24.1 Å². The minimum absolute atomic E-state index is 0.0452. The van der Waals surface area contributed by atoms with Crippen molar-refractivity contribution in [1.82, 2.24) is 15.0 Å². The Morgan fingerprint density at radius 2 is 1.32 bits per heavy atom. The Bertz CT molecular complexity index is 3240. The van der Waals surface area contributed by atoms with Crippen LogP contribution in [0.3, 0.4) is 0 Å². The van der Waals surface area contributed by atoms with Crippen LogP contribution in [0.1, 0.15) is 30.1 Å². The van der Waals surface area contributed by atoms with Crippen LogP contribution in [0.2, 0.25) is 0 Å². The van der Waals surface area contributed by atoms with Crippen molar-refractivity contribution in [3.63, 3.8) is 0 Å². The van der Waals surface area contributed by atoms with E-state index in [-0.39, 0.29) is 12.0 Å². The van der Waals surface area contributed by atoms with Crippen LogP contribution in [0.4, 0.5) is 0 Å². The second-order valence-corrected chi connectivity index (χ2v) is 16.1. The highest BCUT2D eigenvalue weighted by Gasteiger charge is 2.32. The fourth-order valence-corrected chi connectivity index (χ4v) is 9.89. The summed E-state index contributed by atoms with van der Waals surface area (Å²) < 4.78 is 15.3. The van der Waals surface area contributed by atoms with Crippen LogP contribution in [0.15, 0.2) is 168 Å². The first kappa shape index (κ1) is 32.4. The van der Waals surface area contributed by atoms with E-state index in [1.807, 2.05) is 24.3 Å². The fraction of sp³-hybridized carbons (Fsp3) is 0.0784. The van der Waals surface area contributed by atoms with Gasteiger partial charge in [0.05, 0.1) is 0 Å². The van der Waals surface area contributed by atoms with Gasteiger partial charge >= 0.3 is 0 Å². The van der Waals surface area contributed by atoms with Gasteiger partial charge in [0.2, 0.25) is 0 Å². The van der Waals surface area contributed by atoms with Crippen LogP contribution >= 0.6 is 11.3 Å². The zero-order valence-corrected chi connectivity index (χ0v) is 31.5. The van der Waals surface area contributed by atoms with E-state index in [1.54, 1.807) is 11.3 Å². The zero-order valence-electron chi connectivity index (χ0n) is 30.7. The van der Waals surface area contributed by atoms with Gasteiger partial charge in [-0.15, -0.1) is 11.3 Å². The molecule has 5 nitrogen and oxygen atoms in total. The van der Waals surface area contributed by atoms with Crippen molar-refractivity contribution in [2.45, 2.75) is 24.9 Å². The molecule has 1 aliphatic heterocycles. The molecule has 57 heavy (non-hydrogen) atoms. The Kier molecular flexibility index (Phi) is 7.29. The van der Waals surface area contributed by atoms with E-state index in [2.05, 4.69) is 140 Å². The molecule has 0 bridgehead atoms. The normalized spacial score (nSPS) is 17.0. The Balaban J connectivity index is 0.971. The second-order valence-electron chi connectivity index (χ2n) is 15.0. The molecule has 0 saturated carbocycles. The Labute approximate surface area is 332 Å². The molecule has 270 valence electrons. The molecule has 0 radical (unpaired) electrons. The average molecular weight is 752 g/mol. The van der Waals surface area contributed by atoms with Crippen molar-refractivity contribution in [2.24, 2.45) is 0 Å². The number of aromatic nitrogens is 3. The smallest absolute Gasteiger partial charge is 0.164 e. The summed E-state index contributed by atoms with van der Waals surface area (Å²) in [5.41, 5.74) is 10.7. The SMILES string of the molecule is C1=CCCC(c2nc(-c3ccccc3)nc(-c3ccc4c(c3)sc3cc(-c5cc(-c6ccc7c(c6)C6C=CC=CC6O7)c6c(c5)oc5ccccc56)ccc34)n2)=C1. The quantitative estimate of drug-likeness (QED) is 0.175. The minimum atomic E-state index is 0.0452. The number of hydrogen-bond acceptors (Lipinski definition) is 6. The monoisotopic (exact) mass is 751 g/mol. The van der Waals surface area contributed by atoms with Crippen LogP contribution in [-0.2, 0) is 0 Å². The van der Waals surface area contributed by atoms with Crippen LogP contribution in [0.25, 0.3) is 92.7 Å². The highest BCUT2D eigenvalue weighted by molar-refractivity contribution is 7.25. The van der Waals surface area contributed by atoms with E-state index in [0.717, 1.165) is 85.3 Å². The van der Waals surface area contributed by atoms with Crippen LogP contribution in [0, 0.1) is 0 Å². The second kappa shape index (κ2) is 12.8. The summed E-state index contributed by atoms with van der Waals surface area (Å²) in [4.78, 5) is 15.0. The lowest BCUT2D eigenvalue weighted by molar-refractivity contribution is 0.269. The Morgan fingerprint density at radius 3 is 2.18 bits per heavy atom. The topological polar surface area (TPSA) is 61.0 Å². The summed E-state index contributed by atoms with van der Waals surface area (Å²) in [6.45, 7) is 0. The van der Waals surface area contributed by atoms with Gasteiger partial charge in [-0.1, -0.05) is 115 Å². The molecule has 6 aromatic carbocycles. The van der Waals surface area contributed by atoms with Crippen molar-refractivity contribution in [2.75, 3.05) is 0 Å². The van der Waals surface area contributed by atoms with Gasteiger partial charge < -0.3 is 9.15 Å². The standard InChI is InChI=1S/C51H33N3O2S/c1-3-11-30(12-4-1)49-52-50(31-13-5-2-6-14-31)54-51(53-49)34-20-23-38-37-22-19-32(28-46(37)57-47(38)29-34)35-26-40(48-39-16-8-10-18-43(39)56-45(48)27-35)33-21-24-44-41(25-33)36-15-7-9-17-42(36)55-44/h1-5,7-13,15-29,36,42H,6,14H2. The molecule has 2 unspecified atom stereocenters. The van der Waals surface area contributed by atoms with E-state index in [0.29, 0.717) is 11.6 Å². The summed E-state index contributed by atoms with van der Waals surface area (Å²) >= 11 is 1.80. The van der Waals surface area contributed by atoms with Crippen molar-refractivity contribution in [3.8, 4) is 50.8 Å². The van der Waals surface area contributed by atoms with Crippen LogP contribution < -0.4 is 4.74 Å². The number of fused-ring (bicyclic) bond motifs is 9. The number of allylic oxidation sites excluding steroid dienone is 6. The molecular formula is C51H33N3O2S. The summed E-state index contributed by atoms with van der Waals surface area (Å²) in [5, 5.41) is 4.71. The summed E-state index contributed by atoms with van der Waals surface area (Å²) in [6, 6.07) is 43.1. The van der Waals surface area contributed by atoms with E-state index < -0.39 is 0 Å². The maximum atomic E-state index is 6.56. The van der Waals surface area contributed by atoms with Crippen LogP contribution in [0.5, 0.6) is 5.75 Å². The van der Waals surface area contributed by atoms with Gasteiger partial charge in [0, 0.05) is 53.6 Å². The molecule has 4 heterocycles. The molecule has 12 rings (SSSR count). The van der Waals surface area contributed by atoms with Gasteiger partial charge in [-0.3, -0.25) is 0 Å². The van der Waals surface area contributed by atoms with Gasteiger partial charge in [0.1, 0.15) is 23.0 Å². The fourth-order valence-electron chi connectivity index (χ4n) is 8.71. The van der Waals surface area contributed by atoms with E-state index in [1.165, 1.54) is 25.7 Å². The first-order chi connectivity index (χ1) is 28.2. The number of ether oxygens (including phenoxy) is 1. The lowest BCUT2D eigenvalue weighted by atomic mass is 9.88. The zero-order chi connectivity index (χ0) is 37.5. The average Bonchev–Trinajstić information content (AvgIpc) is 3.97. The number of thiophene rings is 1. The van der Waals surface area contributed by atoms with Crippen LogP contribution in [-0.4, -0.2) is 21.1 Å². The predicted octanol–water partition coefficient (Wildman–Crippen LogP) is 13.5. The summed E-state index contributed by atoms with van der Waals surface area (Å²) in [5.74, 6) is 3.29. The summed E-state index contributed by atoms with van der Waals surface area (Å²) in [7, 11) is 0. The maximum absolute atomic E-state index is 6.56. The Hall–Kier alpha value is -6.89. The third kappa shape index (κ3) is 5.40. The van der Waals surface area contributed by atoms with Gasteiger partial charge in [-0.2, -0.15) is 0 Å². The molecule has 6 heteroatoms. The summed E-state index contributed by atoms with van der Waals surface area (Å²) in [6.07, 6.45) is 16.9. The molecular weight excluding hydrogens is 719 g/mol. The van der Waals surface area contributed by atoms with E-state index in [9.17, 15) is 0 Å². The van der Waals surface area contributed by atoms with Crippen molar-refractivity contribution < 1.29 is 9.15 Å². The van der Waals surface area contributed by atoms with Gasteiger partial charge in [-0.25, -0.2) is 15.0 Å². The maximum Gasteiger partial charge on any atom is 0.164 e. The number of hydrogen-bond donors (Lipinski definition) is 0. The Morgan fingerprint density at radius 1 is 0.561 bits per heavy atom. The first-order valence-electron chi connectivity index (χ1n) is 19.5. The molecule has 0 spiro atoms. The number of benzene rings is 6. The van der Waals surface area contributed by atoms with Gasteiger partial charge in [0.15, 0.2) is 17.5 Å². The first-order valence-corrected chi connectivity index (χ1v) is 20.3. The third-order valence-electron chi connectivity index (χ3n) is 11.5. The predicted molar refractivity (Wildman–Crippen MR) is 234 cm³/mol. The van der Waals surface area contributed by atoms with Crippen molar-refractivity contribution >= 4 is 59.0 Å². The molecule has 0 fully saturated rings. The molecule has 3 aromatic heterocycles. The molecule has 0 amide bonds. The van der Waals surface area contributed by atoms with Crippen molar-refractivity contribution in [3.05, 3.63) is 175 Å². The molecule has 0 saturated heterocycles. The lowest BCUT2D eigenvalue weighted by Gasteiger charge is -2.14. The highest BCUT2D eigenvalue weighted by Crippen LogP contribution is 2.46. The molecule has 3 aliphatic rings. The largest absolute Gasteiger partial charge is 0.485 e.